The normalized spacial score (nSPS) is 24.4. The lowest BCUT2D eigenvalue weighted by Gasteiger charge is -2.33. The molecule has 0 saturated carbocycles. The van der Waals surface area contributed by atoms with Crippen molar-refractivity contribution >= 4 is 17.2 Å². The van der Waals surface area contributed by atoms with Gasteiger partial charge in [-0.3, -0.25) is 9.78 Å². The number of carbonyl (C=O) groups is 1. The van der Waals surface area contributed by atoms with Gasteiger partial charge in [0.15, 0.2) is 0 Å². The fourth-order valence-electron chi connectivity index (χ4n) is 4.40. The first kappa shape index (κ1) is 21.6. The summed E-state index contributed by atoms with van der Waals surface area (Å²) in [6, 6.07) is 5.54. The van der Waals surface area contributed by atoms with Gasteiger partial charge in [-0.15, -0.1) is 0 Å². The van der Waals surface area contributed by atoms with Crippen LogP contribution in [0.2, 0.25) is 0 Å². The molecule has 1 aliphatic heterocycles. The van der Waals surface area contributed by atoms with E-state index in [0.717, 1.165) is 36.4 Å². The van der Waals surface area contributed by atoms with Crippen LogP contribution < -0.4 is 5.32 Å². The molecule has 7 heteroatoms. The number of hydrogen-bond donors (Lipinski definition) is 1. The maximum absolute atomic E-state index is 13.9. The van der Waals surface area contributed by atoms with E-state index in [0.29, 0.717) is 0 Å². The zero-order valence-electron chi connectivity index (χ0n) is 18.2. The van der Waals surface area contributed by atoms with Gasteiger partial charge in [0.05, 0.1) is 19.3 Å². The summed E-state index contributed by atoms with van der Waals surface area (Å²) in [7, 11) is 3.33. The van der Waals surface area contributed by atoms with E-state index < -0.39 is 6.04 Å². The van der Waals surface area contributed by atoms with E-state index in [2.05, 4.69) is 34.1 Å². The van der Waals surface area contributed by atoms with Crippen molar-refractivity contribution in [3.05, 3.63) is 76.1 Å². The number of pyridine rings is 1. The molecule has 1 N–H and O–H groups in total. The number of methoxy groups -OCH3 is 2. The van der Waals surface area contributed by atoms with Crippen LogP contribution in [-0.2, 0) is 14.3 Å². The van der Waals surface area contributed by atoms with Gasteiger partial charge < -0.3 is 19.7 Å². The highest BCUT2D eigenvalue weighted by atomic mass is 32.1. The van der Waals surface area contributed by atoms with Crippen molar-refractivity contribution in [2.24, 2.45) is 5.92 Å². The van der Waals surface area contributed by atoms with Crippen molar-refractivity contribution in [2.75, 3.05) is 20.8 Å². The molecule has 0 spiro atoms. The number of ether oxygens (including phenoxy) is 2. The number of nitrogens with zero attached hydrogens (tertiary/aromatic N) is 2. The summed E-state index contributed by atoms with van der Waals surface area (Å²) >= 11 is 1.67. The monoisotopic (exact) mass is 439 g/mol. The average Bonchev–Trinajstić information content (AvgIpc) is 3.50. The highest BCUT2D eigenvalue weighted by Gasteiger charge is 2.36. The molecule has 3 heterocycles. The van der Waals surface area contributed by atoms with Crippen molar-refractivity contribution in [3.63, 3.8) is 0 Å². The third-order valence-corrected chi connectivity index (χ3v) is 6.86. The smallest absolute Gasteiger partial charge is 0.250 e. The van der Waals surface area contributed by atoms with Crippen LogP contribution >= 0.6 is 11.3 Å². The molecule has 2 aromatic rings. The third-order valence-electron chi connectivity index (χ3n) is 6.16. The second kappa shape index (κ2) is 9.66. The summed E-state index contributed by atoms with van der Waals surface area (Å²) < 4.78 is 11.1. The molecular weight excluding hydrogens is 410 g/mol. The largest absolute Gasteiger partial charge is 0.497 e. The van der Waals surface area contributed by atoms with E-state index in [1.54, 1.807) is 38.0 Å². The van der Waals surface area contributed by atoms with Crippen molar-refractivity contribution < 1.29 is 14.3 Å². The second-order valence-electron chi connectivity index (χ2n) is 7.97. The number of thiophene rings is 1. The molecule has 2 aliphatic rings. The highest BCUT2D eigenvalue weighted by Crippen LogP contribution is 2.36. The summed E-state index contributed by atoms with van der Waals surface area (Å²) in [5.41, 5.74) is 2.98. The van der Waals surface area contributed by atoms with E-state index in [-0.39, 0.29) is 24.0 Å². The fraction of sp³-hybridized carbons (Fsp3) is 0.417. The standard InChI is InChI=1S/C24H29N3O3S/c1-16-20(12-19(29-2)13-22(16)30-3)26-23(17-6-4-9-25-14-17)24(28)27-10-5-7-21(27)18-8-11-31-15-18/h4,6,8-9,11-16,21-23,26H,5,7,10H2,1-3H3. The van der Waals surface area contributed by atoms with E-state index in [4.69, 9.17) is 9.47 Å². The van der Waals surface area contributed by atoms with Crippen molar-refractivity contribution in [1.82, 2.24) is 15.2 Å². The molecule has 0 aromatic carbocycles. The topological polar surface area (TPSA) is 63.7 Å². The minimum atomic E-state index is -0.532. The molecule has 0 bridgehead atoms. The number of carbonyl (C=O) groups excluding carboxylic acids is 1. The van der Waals surface area contributed by atoms with Crippen molar-refractivity contribution in [1.29, 1.82) is 0 Å². The number of likely N-dealkylation sites (tertiary alicyclic amines) is 1. The Morgan fingerprint density at radius 3 is 2.90 bits per heavy atom. The summed E-state index contributed by atoms with van der Waals surface area (Å²) in [5.74, 6) is 0.849. The molecule has 1 aliphatic carbocycles. The maximum atomic E-state index is 13.9. The first-order valence-electron chi connectivity index (χ1n) is 10.6. The Morgan fingerprint density at radius 2 is 2.23 bits per heavy atom. The average molecular weight is 440 g/mol. The first-order chi connectivity index (χ1) is 15.1. The van der Waals surface area contributed by atoms with Crippen LogP contribution in [0.1, 0.15) is 43.0 Å². The number of hydrogen-bond acceptors (Lipinski definition) is 6. The molecule has 1 fully saturated rings. The van der Waals surface area contributed by atoms with Crippen LogP contribution in [0.4, 0.5) is 0 Å². The first-order valence-corrected chi connectivity index (χ1v) is 11.6. The van der Waals surface area contributed by atoms with E-state index in [9.17, 15) is 4.79 Å². The SMILES string of the molecule is COC1=CC(OC)C(C)C(NC(C(=O)N2CCCC2c2ccsc2)c2cccnc2)=C1. The Morgan fingerprint density at radius 1 is 1.35 bits per heavy atom. The zero-order valence-corrected chi connectivity index (χ0v) is 19.0. The number of nitrogens with one attached hydrogen (secondary N) is 1. The van der Waals surface area contributed by atoms with Crippen LogP contribution in [0.3, 0.4) is 0 Å². The van der Waals surface area contributed by atoms with Crippen LogP contribution in [0.5, 0.6) is 0 Å². The fourth-order valence-corrected chi connectivity index (χ4v) is 5.10. The van der Waals surface area contributed by atoms with Gasteiger partial charge in [0.2, 0.25) is 5.91 Å². The summed E-state index contributed by atoms with van der Waals surface area (Å²) in [6.45, 7) is 2.85. The Labute approximate surface area is 187 Å². The lowest BCUT2D eigenvalue weighted by atomic mass is 9.93. The predicted octanol–water partition coefficient (Wildman–Crippen LogP) is 4.22. The van der Waals surface area contributed by atoms with Gasteiger partial charge in [-0.1, -0.05) is 13.0 Å². The minimum absolute atomic E-state index is 0.0575. The van der Waals surface area contributed by atoms with Crippen LogP contribution in [0.15, 0.2) is 65.0 Å². The molecule has 0 radical (unpaired) electrons. The van der Waals surface area contributed by atoms with Crippen LogP contribution in [0.25, 0.3) is 0 Å². The molecule has 2 aromatic heterocycles. The Hall–Kier alpha value is -2.64. The molecule has 1 saturated heterocycles. The highest BCUT2D eigenvalue weighted by molar-refractivity contribution is 7.08. The van der Waals surface area contributed by atoms with E-state index >= 15 is 0 Å². The lowest BCUT2D eigenvalue weighted by molar-refractivity contribution is -0.134. The van der Waals surface area contributed by atoms with E-state index in [1.165, 1.54) is 5.56 Å². The van der Waals surface area contributed by atoms with Gasteiger partial charge in [0.1, 0.15) is 11.8 Å². The predicted molar refractivity (Wildman–Crippen MR) is 121 cm³/mol. The van der Waals surface area contributed by atoms with Gasteiger partial charge in [-0.05, 0) is 53.4 Å². The van der Waals surface area contributed by atoms with Gasteiger partial charge >= 0.3 is 0 Å². The molecular formula is C24H29N3O3S. The summed E-state index contributed by atoms with van der Waals surface area (Å²) in [5, 5.41) is 7.75. The molecule has 31 heavy (non-hydrogen) atoms. The van der Waals surface area contributed by atoms with Crippen molar-refractivity contribution in [3.8, 4) is 0 Å². The lowest BCUT2D eigenvalue weighted by Crippen LogP contribution is -2.42. The molecule has 4 atom stereocenters. The third kappa shape index (κ3) is 4.52. The number of allylic oxidation sites excluding steroid dienone is 1. The zero-order chi connectivity index (χ0) is 21.8. The molecule has 4 unspecified atom stereocenters. The van der Waals surface area contributed by atoms with Crippen LogP contribution in [0, 0.1) is 5.92 Å². The molecule has 6 nitrogen and oxygen atoms in total. The summed E-state index contributed by atoms with van der Waals surface area (Å²) in [6.07, 6.45) is 9.28. The molecule has 4 rings (SSSR count). The van der Waals surface area contributed by atoms with Gasteiger partial charge in [0.25, 0.3) is 0 Å². The number of amides is 1. The van der Waals surface area contributed by atoms with Gasteiger partial charge in [-0.25, -0.2) is 0 Å². The number of rotatable bonds is 7. The minimum Gasteiger partial charge on any atom is -0.497 e. The van der Waals surface area contributed by atoms with Crippen molar-refractivity contribution in [2.45, 2.75) is 38.0 Å². The Kier molecular flexibility index (Phi) is 6.73. The number of aromatic nitrogens is 1. The second-order valence-corrected chi connectivity index (χ2v) is 8.75. The Balaban J connectivity index is 1.65. The van der Waals surface area contributed by atoms with E-state index in [1.807, 2.05) is 29.2 Å². The van der Waals surface area contributed by atoms with Crippen LogP contribution in [-0.4, -0.2) is 42.7 Å². The molecule has 164 valence electrons. The quantitative estimate of drug-likeness (QED) is 0.700. The van der Waals surface area contributed by atoms with Gasteiger partial charge in [0, 0.05) is 43.2 Å². The molecule has 1 amide bonds. The Bertz CT molecular complexity index is 942. The maximum Gasteiger partial charge on any atom is 0.250 e. The summed E-state index contributed by atoms with van der Waals surface area (Å²) in [4.78, 5) is 20.2. The van der Waals surface area contributed by atoms with Gasteiger partial charge in [-0.2, -0.15) is 11.3 Å².